The average Bonchev–Trinajstić information content (AvgIpc) is 2.83. The van der Waals surface area contributed by atoms with Crippen molar-refractivity contribution in [1.29, 1.82) is 0 Å². The van der Waals surface area contributed by atoms with Gasteiger partial charge in [0.25, 0.3) is 0 Å². The van der Waals surface area contributed by atoms with Crippen LogP contribution in [0, 0.1) is 6.92 Å². The second-order valence-electron chi connectivity index (χ2n) is 4.38. The number of carbonyl (C=O) groups excluding carboxylic acids is 1. The molecule has 20 heavy (non-hydrogen) atoms. The number of carbonyl (C=O) groups is 1. The predicted molar refractivity (Wildman–Crippen MR) is 79.2 cm³/mol. The molecule has 1 amide bonds. The number of nitrogens with two attached hydrogens (primary N) is 1. The third-order valence-corrected chi connectivity index (χ3v) is 4.51. The summed E-state index contributed by atoms with van der Waals surface area (Å²) in [6.45, 7) is 1.65. The maximum absolute atomic E-state index is 11.8. The lowest BCUT2D eigenvalue weighted by molar-refractivity contribution is -0.115. The van der Waals surface area contributed by atoms with Crippen LogP contribution in [0.3, 0.4) is 0 Å². The molecule has 1 aromatic heterocycles. The van der Waals surface area contributed by atoms with Gasteiger partial charge < -0.3 is 5.32 Å². The van der Waals surface area contributed by atoms with Gasteiger partial charge in [-0.2, -0.15) is 11.3 Å². The van der Waals surface area contributed by atoms with Gasteiger partial charge in [-0.05, 0) is 47.0 Å². The summed E-state index contributed by atoms with van der Waals surface area (Å²) in [5.41, 5.74) is 1.88. The number of hydrogen-bond donors (Lipinski definition) is 2. The highest BCUT2D eigenvalue weighted by Gasteiger charge is 2.13. The molecule has 0 fully saturated rings. The molecular formula is C13H14N2O3S2. The highest BCUT2D eigenvalue weighted by molar-refractivity contribution is 7.89. The Morgan fingerprint density at radius 1 is 1.35 bits per heavy atom. The van der Waals surface area contributed by atoms with Gasteiger partial charge in [0.1, 0.15) is 0 Å². The molecule has 1 heterocycles. The first-order valence-electron chi connectivity index (χ1n) is 5.80. The smallest absolute Gasteiger partial charge is 0.238 e. The van der Waals surface area contributed by atoms with Crippen LogP contribution in [0.15, 0.2) is 39.9 Å². The van der Waals surface area contributed by atoms with E-state index in [1.807, 2.05) is 16.8 Å². The number of benzene rings is 1. The molecule has 0 aliphatic rings. The number of amides is 1. The molecular weight excluding hydrogens is 296 g/mol. The zero-order valence-corrected chi connectivity index (χ0v) is 12.4. The number of hydrogen-bond acceptors (Lipinski definition) is 4. The fraction of sp³-hybridized carbons (Fsp3) is 0.154. The first-order valence-corrected chi connectivity index (χ1v) is 8.29. The minimum atomic E-state index is -3.79. The predicted octanol–water partition coefficient (Wildman–Crippen LogP) is 1.89. The largest absolute Gasteiger partial charge is 0.326 e. The lowest BCUT2D eigenvalue weighted by Gasteiger charge is -2.08. The Balaban J connectivity index is 2.16. The average molecular weight is 310 g/mol. The number of thiophene rings is 1. The maximum atomic E-state index is 11.8. The van der Waals surface area contributed by atoms with Gasteiger partial charge in [-0.15, -0.1) is 0 Å². The fourth-order valence-electron chi connectivity index (χ4n) is 1.77. The maximum Gasteiger partial charge on any atom is 0.238 e. The summed E-state index contributed by atoms with van der Waals surface area (Å²) in [5, 5.41) is 11.6. The molecule has 3 N–H and O–H groups in total. The fourth-order valence-corrected chi connectivity index (χ4v) is 3.24. The van der Waals surface area contributed by atoms with E-state index >= 15 is 0 Å². The molecule has 5 nitrogen and oxygen atoms in total. The Morgan fingerprint density at radius 3 is 2.70 bits per heavy atom. The summed E-state index contributed by atoms with van der Waals surface area (Å²) in [6.07, 6.45) is 0.252. The molecule has 0 radical (unpaired) electrons. The van der Waals surface area contributed by atoms with Crippen molar-refractivity contribution >= 4 is 33.0 Å². The number of sulfonamides is 1. The van der Waals surface area contributed by atoms with E-state index in [9.17, 15) is 13.2 Å². The van der Waals surface area contributed by atoms with Crippen molar-refractivity contribution in [2.75, 3.05) is 5.32 Å². The van der Waals surface area contributed by atoms with Crippen molar-refractivity contribution in [1.82, 2.24) is 0 Å². The number of nitrogens with one attached hydrogen (secondary N) is 1. The third kappa shape index (κ3) is 3.66. The molecule has 7 heteroatoms. The van der Waals surface area contributed by atoms with E-state index in [4.69, 9.17) is 5.14 Å². The Labute approximate surface area is 121 Å². The first-order chi connectivity index (χ1) is 9.36. The van der Waals surface area contributed by atoms with Crippen LogP contribution in [0.5, 0.6) is 0 Å². The van der Waals surface area contributed by atoms with E-state index < -0.39 is 10.0 Å². The summed E-state index contributed by atoms with van der Waals surface area (Å²) >= 11 is 1.52. The SMILES string of the molecule is Cc1ccc(NC(=O)Cc2ccsc2)cc1S(N)(=O)=O. The number of anilines is 1. The van der Waals surface area contributed by atoms with E-state index in [0.29, 0.717) is 11.3 Å². The van der Waals surface area contributed by atoms with E-state index in [0.717, 1.165) is 5.56 Å². The van der Waals surface area contributed by atoms with Crippen molar-refractivity contribution in [3.63, 3.8) is 0 Å². The summed E-state index contributed by atoms with van der Waals surface area (Å²) in [6, 6.07) is 6.50. The van der Waals surface area contributed by atoms with Gasteiger partial charge >= 0.3 is 0 Å². The quantitative estimate of drug-likeness (QED) is 0.903. The van der Waals surface area contributed by atoms with Gasteiger partial charge in [0.15, 0.2) is 0 Å². The monoisotopic (exact) mass is 310 g/mol. The number of aryl methyl sites for hydroxylation is 1. The van der Waals surface area contributed by atoms with Crippen LogP contribution in [-0.2, 0) is 21.2 Å². The molecule has 2 aromatic rings. The second-order valence-corrected chi connectivity index (χ2v) is 6.69. The van der Waals surface area contributed by atoms with Gasteiger partial charge in [-0.1, -0.05) is 6.07 Å². The van der Waals surface area contributed by atoms with Gasteiger partial charge in [0, 0.05) is 5.69 Å². The summed E-state index contributed by atoms with van der Waals surface area (Å²) < 4.78 is 22.8. The summed E-state index contributed by atoms with van der Waals surface area (Å²) in [7, 11) is -3.79. The van der Waals surface area contributed by atoms with Gasteiger partial charge in [-0.3, -0.25) is 4.79 Å². The molecule has 0 saturated carbocycles. The molecule has 2 rings (SSSR count). The highest BCUT2D eigenvalue weighted by Crippen LogP contribution is 2.19. The molecule has 106 valence electrons. The number of rotatable bonds is 4. The Hall–Kier alpha value is -1.70. The minimum Gasteiger partial charge on any atom is -0.326 e. The highest BCUT2D eigenvalue weighted by atomic mass is 32.2. The van der Waals surface area contributed by atoms with Crippen LogP contribution in [0.2, 0.25) is 0 Å². The van der Waals surface area contributed by atoms with E-state index in [-0.39, 0.29) is 17.2 Å². The van der Waals surface area contributed by atoms with Crippen LogP contribution in [0.4, 0.5) is 5.69 Å². The van der Waals surface area contributed by atoms with Crippen LogP contribution in [0.1, 0.15) is 11.1 Å². The first kappa shape index (κ1) is 14.7. The van der Waals surface area contributed by atoms with E-state index in [1.165, 1.54) is 17.4 Å². The molecule has 0 spiro atoms. The van der Waals surface area contributed by atoms with Crippen molar-refractivity contribution in [2.24, 2.45) is 5.14 Å². The second kappa shape index (κ2) is 5.74. The van der Waals surface area contributed by atoms with Crippen LogP contribution < -0.4 is 10.5 Å². The molecule has 0 bridgehead atoms. The van der Waals surface area contributed by atoms with Crippen LogP contribution >= 0.6 is 11.3 Å². The van der Waals surface area contributed by atoms with Crippen molar-refractivity contribution in [3.05, 3.63) is 46.2 Å². The Morgan fingerprint density at radius 2 is 2.10 bits per heavy atom. The van der Waals surface area contributed by atoms with Crippen molar-refractivity contribution < 1.29 is 13.2 Å². The molecule has 1 aromatic carbocycles. The molecule has 0 unspecified atom stereocenters. The minimum absolute atomic E-state index is 0.0193. The van der Waals surface area contributed by atoms with Gasteiger partial charge in [0.05, 0.1) is 11.3 Å². The number of primary sulfonamides is 1. The Kier molecular flexibility index (Phi) is 4.22. The summed E-state index contributed by atoms with van der Waals surface area (Å²) in [5.74, 6) is -0.201. The van der Waals surface area contributed by atoms with Gasteiger partial charge in [0.2, 0.25) is 15.9 Å². The van der Waals surface area contributed by atoms with Gasteiger partial charge in [-0.25, -0.2) is 13.6 Å². The zero-order chi connectivity index (χ0) is 14.8. The summed E-state index contributed by atoms with van der Waals surface area (Å²) in [4.78, 5) is 11.9. The standard InChI is InChI=1S/C13H14N2O3S2/c1-9-2-3-11(7-12(9)20(14,17)18)15-13(16)6-10-4-5-19-8-10/h2-5,7-8H,6H2,1H3,(H,15,16)(H2,14,17,18). The third-order valence-electron chi connectivity index (χ3n) is 2.72. The van der Waals surface area contributed by atoms with E-state index in [2.05, 4.69) is 5.32 Å². The molecule has 0 aliphatic heterocycles. The normalized spacial score (nSPS) is 11.3. The zero-order valence-electron chi connectivity index (χ0n) is 10.8. The van der Waals surface area contributed by atoms with E-state index in [1.54, 1.807) is 19.1 Å². The topological polar surface area (TPSA) is 89.3 Å². The lowest BCUT2D eigenvalue weighted by atomic mass is 10.2. The Bertz CT molecular complexity index is 722. The van der Waals surface area contributed by atoms with Crippen LogP contribution in [0.25, 0.3) is 0 Å². The molecule has 0 atom stereocenters. The van der Waals surface area contributed by atoms with Crippen LogP contribution in [-0.4, -0.2) is 14.3 Å². The molecule has 0 aliphatic carbocycles. The lowest BCUT2D eigenvalue weighted by Crippen LogP contribution is -2.17. The van der Waals surface area contributed by atoms with Crippen molar-refractivity contribution in [2.45, 2.75) is 18.2 Å². The molecule has 0 saturated heterocycles. The van der Waals surface area contributed by atoms with Crippen molar-refractivity contribution in [3.8, 4) is 0 Å².